The van der Waals surface area contributed by atoms with E-state index in [4.69, 9.17) is 0 Å². The molecule has 0 aliphatic carbocycles. The Kier molecular flexibility index (Phi) is 5.34. The molecule has 4 heteroatoms. The number of nitrogens with zero attached hydrogens (tertiary/aromatic N) is 2. The maximum atomic E-state index is 13.2. The van der Waals surface area contributed by atoms with E-state index in [9.17, 15) is 4.79 Å². The van der Waals surface area contributed by atoms with Crippen LogP contribution in [0.4, 0.5) is 0 Å². The second-order valence-corrected chi connectivity index (χ2v) is 6.27. The number of carbonyl (C=O) groups is 1. The van der Waals surface area contributed by atoms with Crippen molar-refractivity contribution in [2.75, 3.05) is 13.1 Å². The summed E-state index contributed by atoms with van der Waals surface area (Å²) < 4.78 is 0. The molecule has 1 aromatic heterocycles. The maximum Gasteiger partial charge on any atom is 0.229 e. The third kappa shape index (κ3) is 3.62. The number of carbonyl (C=O) groups excluding carboxylic acids is 1. The Hall–Kier alpha value is -1.42. The van der Waals surface area contributed by atoms with Gasteiger partial charge in [-0.15, -0.1) is 0 Å². The van der Waals surface area contributed by atoms with E-state index < -0.39 is 0 Å². The average molecular weight is 289 g/mol. The minimum atomic E-state index is -0.183. The Morgan fingerprint density at radius 2 is 2.14 bits per heavy atom. The van der Waals surface area contributed by atoms with Crippen molar-refractivity contribution in [3.05, 3.63) is 30.1 Å². The normalized spacial score (nSPS) is 17.7. The maximum absolute atomic E-state index is 13.2. The van der Waals surface area contributed by atoms with Crippen molar-refractivity contribution in [2.45, 2.75) is 52.6 Å². The zero-order chi connectivity index (χ0) is 15.3. The highest BCUT2D eigenvalue weighted by Gasteiger charge is 2.41. The van der Waals surface area contributed by atoms with Crippen molar-refractivity contribution in [2.24, 2.45) is 5.41 Å². The van der Waals surface area contributed by atoms with Gasteiger partial charge in [0.1, 0.15) is 0 Å². The lowest BCUT2D eigenvalue weighted by molar-refractivity contribution is -0.146. The molecule has 116 valence electrons. The van der Waals surface area contributed by atoms with Gasteiger partial charge in [-0.25, -0.2) is 0 Å². The Balaban J connectivity index is 2.18. The zero-order valence-corrected chi connectivity index (χ0v) is 13.4. The summed E-state index contributed by atoms with van der Waals surface area (Å²) in [5.41, 5.74) is 0.914. The van der Waals surface area contributed by atoms with E-state index in [0.29, 0.717) is 12.5 Å². The fourth-order valence-corrected chi connectivity index (χ4v) is 3.11. The van der Waals surface area contributed by atoms with Crippen LogP contribution in [-0.4, -0.2) is 34.9 Å². The third-order valence-electron chi connectivity index (χ3n) is 4.65. The summed E-state index contributed by atoms with van der Waals surface area (Å²) in [6.07, 6.45) is 6.43. The lowest BCUT2D eigenvalue weighted by Crippen LogP contribution is -2.50. The van der Waals surface area contributed by atoms with Crippen LogP contribution in [0.1, 0.15) is 45.6 Å². The number of rotatable bonds is 5. The minimum absolute atomic E-state index is 0.183. The van der Waals surface area contributed by atoms with Gasteiger partial charge in [0.25, 0.3) is 0 Å². The Morgan fingerprint density at radius 3 is 2.67 bits per heavy atom. The van der Waals surface area contributed by atoms with Crippen molar-refractivity contribution in [3.8, 4) is 0 Å². The lowest BCUT2D eigenvalue weighted by Gasteiger charge is -2.41. The highest BCUT2D eigenvalue weighted by molar-refractivity contribution is 5.83. The van der Waals surface area contributed by atoms with Gasteiger partial charge < -0.3 is 10.2 Å². The number of aromatic nitrogens is 1. The van der Waals surface area contributed by atoms with E-state index in [1.165, 1.54) is 0 Å². The van der Waals surface area contributed by atoms with Gasteiger partial charge in [0.2, 0.25) is 5.91 Å². The molecule has 0 spiro atoms. The van der Waals surface area contributed by atoms with Crippen LogP contribution in [0.15, 0.2) is 24.5 Å². The van der Waals surface area contributed by atoms with Crippen molar-refractivity contribution >= 4 is 5.91 Å². The molecule has 0 bridgehead atoms. The topological polar surface area (TPSA) is 45.2 Å². The third-order valence-corrected chi connectivity index (χ3v) is 4.65. The van der Waals surface area contributed by atoms with Crippen molar-refractivity contribution in [3.63, 3.8) is 0 Å². The molecule has 4 nitrogen and oxygen atoms in total. The van der Waals surface area contributed by atoms with Gasteiger partial charge in [0, 0.05) is 25.0 Å². The zero-order valence-electron chi connectivity index (χ0n) is 13.4. The molecule has 1 aliphatic heterocycles. The average Bonchev–Trinajstić information content (AvgIpc) is 2.53. The number of hydrogen-bond acceptors (Lipinski definition) is 3. The summed E-state index contributed by atoms with van der Waals surface area (Å²) >= 11 is 0. The molecule has 1 fully saturated rings. The number of piperidine rings is 1. The van der Waals surface area contributed by atoms with Gasteiger partial charge in [-0.2, -0.15) is 0 Å². The number of pyridine rings is 1. The molecule has 21 heavy (non-hydrogen) atoms. The molecule has 2 rings (SSSR count). The molecule has 1 saturated heterocycles. The van der Waals surface area contributed by atoms with E-state index in [1.807, 2.05) is 23.2 Å². The Bertz CT molecular complexity index is 452. The van der Waals surface area contributed by atoms with Crippen LogP contribution in [0.2, 0.25) is 0 Å². The predicted molar refractivity (Wildman–Crippen MR) is 84.8 cm³/mol. The van der Waals surface area contributed by atoms with Crippen molar-refractivity contribution in [1.82, 2.24) is 15.2 Å². The quantitative estimate of drug-likeness (QED) is 0.906. The van der Waals surface area contributed by atoms with Crippen molar-refractivity contribution in [1.29, 1.82) is 0 Å². The van der Waals surface area contributed by atoms with Gasteiger partial charge in [-0.05, 0) is 57.8 Å². The highest BCUT2D eigenvalue weighted by Crippen LogP contribution is 2.35. The summed E-state index contributed by atoms with van der Waals surface area (Å²) in [6, 6.07) is 4.17. The first-order valence-electron chi connectivity index (χ1n) is 8.00. The van der Waals surface area contributed by atoms with Crippen molar-refractivity contribution < 1.29 is 4.79 Å². The van der Waals surface area contributed by atoms with E-state index in [0.717, 1.165) is 37.9 Å². The Morgan fingerprint density at radius 1 is 1.43 bits per heavy atom. The van der Waals surface area contributed by atoms with Gasteiger partial charge in [0.15, 0.2) is 0 Å². The smallest absolute Gasteiger partial charge is 0.229 e. The molecule has 0 unspecified atom stereocenters. The molecule has 0 radical (unpaired) electrons. The molecular weight excluding hydrogens is 262 g/mol. The molecule has 1 amide bonds. The number of hydrogen-bond donors (Lipinski definition) is 1. The molecule has 1 N–H and O–H groups in total. The monoisotopic (exact) mass is 289 g/mol. The molecule has 1 aliphatic rings. The van der Waals surface area contributed by atoms with Gasteiger partial charge in [0.05, 0.1) is 5.41 Å². The van der Waals surface area contributed by atoms with Crippen LogP contribution in [0.25, 0.3) is 0 Å². The van der Waals surface area contributed by atoms with Gasteiger partial charge in [-0.1, -0.05) is 13.0 Å². The SMILES string of the molecule is CCC1(C(=O)N(Cc2cccnc2)C(C)C)CCNCC1. The summed E-state index contributed by atoms with van der Waals surface area (Å²) in [7, 11) is 0. The van der Waals surface area contributed by atoms with E-state index in [1.54, 1.807) is 6.20 Å². The fourth-order valence-electron chi connectivity index (χ4n) is 3.11. The van der Waals surface area contributed by atoms with Crippen LogP contribution >= 0.6 is 0 Å². The number of amides is 1. The van der Waals surface area contributed by atoms with Crippen LogP contribution in [-0.2, 0) is 11.3 Å². The molecule has 0 saturated carbocycles. The van der Waals surface area contributed by atoms with E-state index in [-0.39, 0.29) is 11.5 Å². The van der Waals surface area contributed by atoms with Crippen LogP contribution in [0.5, 0.6) is 0 Å². The van der Waals surface area contributed by atoms with Gasteiger partial charge >= 0.3 is 0 Å². The summed E-state index contributed by atoms with van der Waals surface area (Å²) in [5.74, 6) is 0.311. The first-order valence-corrected chi connectivity index (χ1v) is 8.00. The summed E-state index contributed by atoms with van der Waals surface area (Å²) in [5, 5.41) is 3.37. The van der Waals surface area contributed by atoms with E-state index >= 15 is 0 Å². The molecular formula is C17H27N3O. The largest absolute Gasteiger partial charge is 0.335 e. The lowest BCUT2D eigenvalue weighted by atomic mass is 9.75. The highest BCUT2D eigenvalue weighted by atomic mass is 16.2. The van der Waals surface area contributed by atoms with Crippen LogP contribution in [0.3, 0.4) is 0 Å². The summed E-state index contributed by atoms with van der Waals surface area (Å²) in [4.78, 5) is 19.4. The van der Waals surface area contributed by atoms with E-state index in [2.05, 4.69) is 31.1 Å². The second kappa shape index (κ2) is 7.03. The van der Waals surface area contributed by atoms with Crippen LogP contribution < -0.4 is 5.32 Å². The standard InChI is InChI=1S/C17H27N3O/c1-4-17(7-10-18-11-8-17)16(21)20(14(2)3)13-15-6-5-9-19-12-15/h5-6,9,12,14,18H,4,7-8,10-11,13H2,1-3H3. The number of nitrogens with one attached hydrogen (secondary N) is 1. The van der Waals surface area contributed by atoms with Crippen LogP contribution in [0, 0.1) is 5.41 Å². The molecule has 1 aromatic rings. The molecule has 0 aromatic carbocycles. The molecule has 0 atom stereocenters. The fraction of sp³-hybridized carbons (Fsp3) is 0.647. The van der Waals surface area contributed by atoms with Gasteiger partial charge in [-0.3, -0.25) is 9.78 Å². The summed E-state index contributed by atoms with van der Waals surface area (Å²) in [6.45, 7) is 8.87. The first kappa shape index (κ1) is 16.0. The first-order chi connectivity index (χ1) is 10.1. The minimum Gasteiger partial charge on any atom is -0.335 e. The second-order valence-electron chi connectivity index (χ2n) is 6.27. The Labute approximate surface area is 127 Å². The molecule has 2 heterocycles. The predicted octanol–water partition coefficient (Wildman–Crippen LogP) is 2.60.